The van der Waals surface area contributed by atoms with Crippen LogP contribution < -0.4 is 14.4 Å². The number of halogens is 6. The van der Waals surface area contributed by atoms with Gasteiger partial charge in [0.05, 0.1) is 12.3 Å². The molecule has 7 nitrogen and oxygen atoms in total. The maximum absolute atomic E-state index is 13.4. The van der Waals surface area contributed by atoms with Gasteiger partial charge in [-0.05, 0) is 68.5 Å². The summed E-state index contributed by atoms with van der Waals surface area (Å²) in [6, 6.07) is 15.7. The Morgan fingerprint density at radius 1 is 0.872 bits per heavy atom. The number of urea groups is 1. The van der Waals surface area contributed by atoms with E-state index in [1.54, 1.807) is 38.1 Å². The zero-order valence-corrected chi connectivity index (χ0v) is 26.1. The molecule has 1 atom stereocenters. The molecule has 4 rings (SSSR count). The van der Waals surface area contributed by atoms with Crippen molar-refractivity contribution < 1.29 is 50.5 Å². The summed E-state index contributed by atoms with van der Waals surface area (Å²) in [7, 11) is 0. The molecule has 0 radical (unpaired) electrons. The predicted octanol–water partition coefficient (Wildman–Crippen LogP) is 7.86. The third-order valence-corrected chi connectivity index (χ3v) is 7.92. The Morgan fingerprint density at radius 2 is 1.55 bits per heavy atom. The molecule has 3 aromatic rings. The van der Waals surface area contributed by atoms with Crippen molar-refractivity contribution >= 4 is 17.6 Å². The van der Waals surface area contributed by atoms with Crippen molar-refractivity contribution in [3.05, 3.63) is 89.0 Å². The number of hydrogen-bond acceptors (Lipinski definition) is 5. The Hall–Kier alpha value is -4.26. The van der Waals surface area contributed by atoms with Gasteiger partial charge < -0.3 is 14.6 Å². The number of carbonyl (C=O) groups excluding carboxylic acids is 2. The number of ether oxygens (including phenoxy) is 2. The lowest BCUT2D eigenvalue weighted by molar-refractivity contribution is -0.376. The van der Waals surface area contributed by atoms with Gasteiger partial charge >= 0.3 is 18.4 Å². The molecule has 0 aromatic heterocycles. The Balaban J connectivity index is 1.35. The van der Waals surface area contributed by atoms with Crippen molar-refractivity contribution in [1.82, 2.24) is 4.90 Å². The molecule has 0 aliphatic carbocycles. The van der Waals surface area contributed by atoms with Gasteiger partial charge in [0, 0.05) is 18.2 Å². The number of alkyl halides is 6. The molecule has 3 amide bonds. The fourth-order valence-corrected chi connectivity index (χ4v) is 5.29. The van der Waals surface area contributed by atoms with Crippen molar-refractivity contribution in [3.8, 4) is 11.5 Å². The van der Waals surface area contributed by atoms with E-state index in [1.807, 2.05) is 31.2 Å². The number of anilines is 1. The fourth-order valence-electron chi connectivity index (χ4n) is 5.29. The summed E-state index contributed by atoms with van der Waals surface area (Å²) in [5.74, 6) is 0.229. The highest BCUT2D eigenvalue weighted by Gasteiger charge is 2.71. The first-order chi connectivity index (χ1) is 22.1. The lowest BCUT2D eigenvalue weighted by Crippen LogP contribution is -2.53. The second-order valence-electron chi connectivity index (χ2n) is 11.4. The minimum absolute atomic E-state index is 0.0225. The Morgan fingerprint density at radius 3 is 2.19 bits per heavy atom. The first-order valence-electron chi connectivity index (χ1n) is 15.1. The number of benzene rings is 3. The summed E-state index contributed by atoms with van der Waals surface area (Å²) in [6.07, 6.45) is -10.8. The fraction of sp³-hybridized carbons (Fsp3) is 0.412. The number of nitrogens with zero attached hydrogens (tertiary/aromatic N) is 2. The van der Waals surface area contributed by atoms with E-state index in [2.05, 4.69) is 0 Å². The van der Waals surface area contributed by atoms with E-state index < -0.39 is 35.6 Å². The molecule has 1 unspecified atom stereocenters. The molecule has 1 aliphatic heterocycles. The zero-order chi connectivity index (χ0) is 34.6. The SMILES string of the molecule is CCCc1cc(C(O)(C(F)(F)F)C(F)(F)F)ccc1OCCCCN1C(=O)C(C)N(c2cccc(OCc3ccc(C)cc3)c2)C1=O. The Labute approximate surface area is 268 Å². The third kappa shape index (κ3) is 7.66. The molecule has 13 heteroatoms. The highest BCUT2D eigenvalue weighted by molar-refractivity contribution is 6.14. The van der Waals surface area contributed by atoms with Crippen molar-refractivity contribution in [1.29, 1.82) is 0 Å². The number of aliphatic hydroxyl groups is 1. The maximum Gasteiger partial charge on any atom is 0.430 e. The molecule has 1 saturated heterocycles. The number of hydrogen-bond donors (Lipinski definition) is 1. The first-order valence-corrected chi connectivity index (χ1v) is 15.1. The molecular weight excluding hydrogens is 630 g/mol. The molecule has 1 aliphatic rings. The average molecular weight is 667 g/mol. The standard InChI is InChI=1S/C34H36F6N2O5/c1-4-8-25-19-26(32(45,33(35,36)37)34(38,39)40)15-16-29(25)46-18-6-5-17-41-30(43)23(3)42(31(41)44)27-9-7-10-28(20-27)47-21-24-13-11-22(2)12-14-24/h7,9-16,19-20,23,45H,4-6,8,17-18,21H2,1-3H3. The van der Waals surface area contributed by atoms with Gasteiger partial charge in [0.1, 0.15) is 24.1 Å². The Kier molecular flexibility index (Phi) is 10.8. The highest BCUT2D eigenvalue weighted by Crippen LogP contribution is 2.50. The summed E-state index contributed by atoms with van der Waals surface area (Å²) < 4.78 is 91.8. The van der Waals surface area contributed by atoms with Crippen LogP contribution in [0.2, 0.25) is 0 Å². The van der Waals surface area contributed by atoms with Crippen molar-refractivity contribution in [3.63, 3.8) is 0 Å². The van der Waals surface area contributed by atoms with Crippen LogP contribution in [0.3, 0.4) is 0 Å². The molecule has 0 saturated carbocycles. The summed E-state index contributed by atoms with van der Waals surface area (Å²) in [5, 5.41) is 9.77. The van der Waals surface area contributed by atoms with Gasteiger partial charge in [-0.2, -0.15) is 26.3 Å². The number of imide groups is 1. The van der Waals surface area contributed by atoms with Gasteiger partial charge in [-0.3, -0.25) is 14.6 Å². The van der Waals surface area contributed by atoms with E-state index in [0.29, 0.717) is 49.4 Å². The third-order valence-electron chi connectivity index (χ3n) is 7.92. The molecule has 0 spiro atoms. The number of rotatable bonds is 13. The van der Waals surface area contributed by atoms with E-state index >= 15 is 0 Å². The van der Waals surface area contributed by atoms with Crippen LogP contribution in [0.25, 0.3) is 0 Å². The Bertz CT molecular complexity index is 1540. The number of unbranched alkanes of at least 4 members (excludes halogenated alkanes) is 1. The van der Waals surface area contributed by atoms with Crippen LogP contribution >= 0.6 is 0 Å². The van der Waals surface area contributed by atoms with Gasteiger partial charge in [-0.25, -0.2) is 4.79 Å². The topological polar surface area (TPSA) is 79.3 Å². The normalized spacial score (nSPS) is 15.8. The van der Waals surface area contributed by atoms with Gasteiger partial charge in [-0.15, -0.1) is 0 Å². The van der Waals surface area contributed by atoms with Crippen LogP contribution in [0.4, 0.5) is 36.8 Å². The lowest BCUT2D eigenvalue weighted by Gasteiger charge is -2.33. The predicted molar refractivity (Wildman–Crippen MR) is 162 cm³/mol. The van der Waals surface area contributed by atoms with E-state index in [9.17, 15) is 41.0 Å². The number of amides is 3. The lowest BCUT2D eigenvalue weighted by atomic mass is 9.90. The largest absolute Gasteiger partial charge is 0.493 e. The minimum atomic E-state index is -5.99. The van der Waals surface area contributed by atoms with Crippen LogP contribution in [0.1, 0.15) is 55.4 Å². The van der Waals surface area contributed by atoms with Gasteiger partial charge in [0.25, 0.3) is 11.5 Å². The molecule has 3 aromatic carbocycles. The molecule has 0 bridgehead atoms. The molecule has 1 heterocycles. The maximum atomic E-state index is 13.4. The van der Waals surface area contributed by atoms with Crippen LogP contribution in [0.15, 0.2) is 66.7 Å². The van der Waals surface area contributed by atoms with Crippen molar-refractivity contribution in [2.24, 2.45) is 0 Å². The molecule has 1 N–H and O–H groups in total. The zero-order valence-electron chi connectivity index (χ0n) is 26.1. The summed E-state index contributed by atoms with van der Waals surface area (Å²) in [4.78, 5) is 28.8. The average Bonchev–Trinajstić information content (AvgIpc) is 3.22. The summed E-state index contributed by atoms with van der Waals surface area (Å²) in [5.41, 5.74) is -3.69. The number of carbonyl (C=O) groups is 2. The minimum Gasteiger partial charge on any atom is -0.493 e. The van der Waals surface area contributed by atoms with Crippen molar-refractivity contribution in [2.75, 3.05) is 18.1 Å². The van der Waals surface area contributed by atoms with E-state index in [4.69, 9.17) is 9.47 Å². The van der Waals surface area contributed by atoms with E-state index in [1.165, 1.54) is 4.90 Å². The molecular formula is C34H36F6N2O5. The molecule has 1 fully saturated rings. The van der Waals surface area contributed by atoms with Crippen LogP contribution in [-0.2, 0) is 23.4 Å². The second-order valence-corrected chi connectivity index (χ2v) is 11.4. The summed E-state index contributed by atoms with van der Waals surface area (Å²) in [6.45, 7) is 5.74. The van der Waals surface area contributed by atoms with Crippen LogP contribution in [0, 0.1) is 6.92 Å². The van der Waals surface area contributed by atoms with Gasteiger partial charge in [0.15, 0.2) is 0 Å². The highest BCUT2D eigenvalue weighted by atomic mass is 19.4. The molecule has 47 heavy (non-hydrogen) atoms. The summed E-state index contributed by atoms with van der Waals surface area (Å²) >= 11 is 0. The van der Waals surface area contributed by atoms with Gasteiger partial charge in [0.2, 0.25) is 0 Å². The quantitative estimate of drug-likeness (QED) is 0.114. The van der Waals surface area contributed by atoms with Gasteiger partial charge in [-0.1, -0.05) is 55.3 Å². The smallest absolute Gasteiger partial charge is 0.430 e. The second kappa shape index (κ2) is 14.2. The monoisotopic (exact) mass is 666 g/mol. The van der Waals surface area contributed by atoms with E-state index in [0.717, 1.165) is 22.1 Å². The van der Waals surface area contributed by atoms with Crippen LogP contribution in [0.5, 0.6) is 11.5 Å². The van der Waals surface area contributed by atoms with E-state index in [-0.39, 0.29) is 36.8 Å². The van der Waals surface area contributed by atoms with Crippen molar-refractivity contribution in [2.45, 2.75) is 77.1 Å². The first kappa shape index (κ1) is 35.6. The number of aryl methyl sites for hydroxylation is 2. The molecule has 254 valence electrons. The van der Waals surface area contributed by atoms with Crippen LogP contribution in [-0.4, -0.2) is 53.5 Å².